The second kappa shape index (κ2) is 13.4. The lowest BCUT2D eigenvalue weighted by molar-refractivity contribution is -0.384. The van der Waals surface area contributed by atoms with Gasteiger partial charge >= 0.3 is 5.97 Å². The van der Waals surface area contributed by atoms with Crippen LogP contribution >= 0.6 is 0 Å². The molecule has 0 saturated carbocycles. The zero-order chi connectivity index (χ0) is 18.3. The zero-order valence-electron chi connectivity index (χ0n) is 15.4. The third kappa shape index (κ3) is 10.5. The van der Waals surface area contributed by atoms with Crippen LogP contribution in [0.4, 0.5) is 5.69 Å². The van der Waals surface area contributed by atoms with E-state index in [-0.39, 0.29) is 11.7 Å². The summed E-state index contributed by atoms with van der Waals surface area (Å²) in [5.74, 6) is 0.0865. The van der Waals surface area contributed by atoms with Gasteiger partial charge in [0.1, 0.15) is 5.75 Å². The summed E-state index contributed by atoms with van der Waals surface area (Å²) >= 11 is 0. The molecule has 1 rings (SSSR count). The number of unbranched alkanes of at least 4 members (excludes halogenated alkanes) is 10. The molecule has 0 aliphatic heterocycles. The minimum atomic E-state index is -0.475. The molecule has 0 spiro atoms. The molecule has 0 unspecified atom stereocenters. The molecule has 1 aromatic rings. The predicted molar refractivity (Wildman–Crippen MR) is 99.8 cm³/mol. The highest BCUT2D eigenvalue weighted by Crippen LogP contribution is 2.18. The highest BCUT2D eigenvalue weighted by atomic mass is 16.6. The summed E-state index contributed by atoms with van der Waals surface area (Å²) < 4.78 is 5.18. The number of benzene rings is 1. The van der Waals surface area contributed by atoms with Crippen LogP contribution in [-0.2, 0) is 4.79 Å². The van der Waals surface area contributed by atoms with Crippen molar-refractivity contribution in [3.8, 4) is 5.75 Å². The van der Waals surface area contributed by atoms with E-state index in [9.17, 15) is 14.9 Å². The molecular weight excluding hydrogens is 318 g/mol. The fourth-order valence-corrected chi connectivity index (χ4v) is 2.75. The van der Waals surface area contributed by atoms with Gasteiger partial charge in [0, 0.05) is 18.6 Å². The summed E-state index contributed by atoms with van der Waals surface area (Å²) in [7, 11) is 0. The second-order valence-corrected chi connectivity index (χ2v) is 6.51. The Labute approximate surface area is 150 Å². The van der Waals surface area contributed by atoms with Crippen LogP contribution < -0.4 is 4.74 Å². The van der Waals surface area contributed by atoms with Gasteiger partial charge in [0.05, 0.1) is 4.92 Å². The first kappa shape index (κ1) is 21.1. The first-order valence-electron chi connectivity index (χ1n) is 9.58. The van der Waals surface area contributed by atoms with E-state index in [0.717, 1.165) is 12.8 Å². The molecule has 0 aromatic heterocycles. The van der Waals surface area contributed by atoms with E-state index in [0.29, 0.717) is 12.2 Å². The van der Waals surface area contributed by atoms with Gasteiger partial charge in [-0.1, -0.05) is 71.1 Å². The molecule has 25 heavy (non-hydrogen) atoms. The van der Waals surface area contributed by atoms with Crippen LogP contribution in [0.25, 0.3) is 0 Å². The largest absolute Gasteiger partial charge is 0.427 e. The highest BCUT2D eigenvalue weighted by molar-refractivity contribution is 5.72. The molecule has 0 amide bonds. The van der Waals surface area contributed by atoms with Crippen molar-refractivity contribution in [2.75, 3.05) is 0 Å². The molecule has 0 radical (unpaired) electrons. The number of esters is 1. The molecule has 1 aromatic carbocycles. The number of hydrogen-bond acceptors (Lipinski definition) is 4. The van der Waals surface area contributed by atoms with E-state index in [1.165, 1.54) is 82.1 Å². The van der Waals surface area contributed by atoms with Crippen molar-refractivity contribution in [3.05, 3.63) is 34.4 Å². The number of carbonyl (C=O) groups is 1. The number of nitrogens with zero attached hydrogens (tertiary/aromatic N) is 1. The number of ether oxygens (including phenoxy) is 1. The normalized spacial score (nSPS) is 10.6. The minimum absolute atomic E-state index is 0.00911. The lowest BCUT2D eigenvalue weighted by atomic mass is 10.1. The second-order valence-electron chi connectivity index (χ2n) is 6.51. The highest BCUT2D eigenvalue weighted by Gasteiger charge is 2.08. The Hall–Kier alpha value is -1.91. The van der Waals surface area contributed by atoms with Gasteiger partial charge in [0.15, 0.2) is 0 Å². The van der Waals surface area contributed by atoms with Crippen LogP contribution in [0.2, 0.25) is 0 Å². The smallest absolute Gasteiger partial charge is 0.311 e. The lowest BCUT2D eigenvalue weighted by Gasteiger charge is -2.04. The SMILES string of the molecule is CCCCCCCCCCCCCC(=O)Oc1ccc([N+](=O)[O-])cc1. The van der Waals surface area contributed by atoms with Crippen LogP contribution in [0.1, 0.15) is 84.0 Å². The summed E-state index contributed by atoms with van der Waals surface area (Å²) in [6, 6.07) is 5.59. The van der Waals surface area contributed by atoms with Gasteiger partial charge in [-0.3, -0.25) is 14.9 Å². The summed E-state index contributed by atoms with van der Waals surface area (Å²) in [4.78, 5) is 21.8. The first-order chi connectivity index (χ1) is 12.1. The van der Waals surface area contributed by atoms with Crippen molar-refractivity contribution >= 4 is 11.7 Å². The molecule has 0 heterocycles. The van der Waals surface area contributed by atoms with Gasteiger partial charge in [0.25, 0.3) is 5.69 Å². The number of nitro groups is 1. The van der Waals surface area contributed by atoms with E-state index >= 15 is 0 Å². The number of rotatable bonds is 14. The maximum absolute atomic E-state index is 11.7. The van der Waals surface area contributed by atoms with Gasteiger partial charge < -0.3 is 4.74 Å². The topological polar surface area (TPSA) is 69.4 Å². The number of nitro benzene ring substituents is 1. The van der Waals surface area contributed by atoms with Gasteiger partial charge in [-0.2, -0.15) is 0 Å². The summed E-state index contributed by atoms with van der Waals surface area (Å²) in [6.07, 6.45) is 14.0. The van der Waals surface area contributed by atoms with Crippen molar-refractivity contribution in [2.24, 2.45) is 0 Å². The van der Waals surface area contributed by atoms with Crippen LogP contribution in [-0.4, -0.2) is 10.9 Å². The molecule has 0 aliphatic carbocycles. The number of hydrogen-bond donors (Lipinski definition) is 0. The minimum Gasteiger partial charge on any atom is -0.427 e. The fraction of sp³-hybridized carbons (Fsp3) is 0.650. The molecule has 0 N–H and O–H groups in total. The Morgan fingerprint density at radius 3 is 1.84 bits per heavy atom. The third-order valence-corrected chi connectivity index (χ3v) is 4.26. The van der Waals surface area contributed by atoms with Gasteiger partial charge in [-0.05, 0) is 18.6 Å². The zero-order valence-corrected chi connectivity index (χ0v) is 15.4. The van der Waals surface area contributed by atoms with E-state index < -0.39 is 4.92 Å². The van der Waals surface area contributed by atoms with Crippen LogP contribution in [0.5, 0.6) is 5.75 Å². The molecule has 140 valence electrons. The van der Waals surface area contributed by atoms with Crippen molar-refractivity contribution in [2.45, 2.75) is 84.0 Å². The molecule has 0 saturated heterocycles. The van der Waals surface area contributed by atoms with Crippen molar-refractivity contribution in [1.82, 2.24) is 0 Å². The van der Waals surface area contributed by atoms with E-state index in [1.807, 2.05) is 0 Å². The molecule has 5 nitrogen and oxygen atoms in total. The Balaban J connectivity index is 1.99. The maximum atomic E-state index is 11.7. The Morgan fingerprint density at radius 1 is 0.880 bits per heavy atom. The van der Waals surface area contributed by atoms with Crippen molar-refractivity contribution < 1.29 is 14.5 Å². The average Bonchev–Trinajstić information content (AvgIpc) is 2.60. The van der Waals surface area contributed by atoms with E-state index in [4.69, 9.17) is 4.74 Å². The number of carbonyl (C=O) groups excluding carboxylic acids is 1. The van der Waals surface area contributed by atoms with Gasteiger partial charge in [0.2, 0.25) is 0 Å². The van der Waals surface area contributed by atoms with Crippen molar-refractivity contribution in [1.29, 1.82) is 0 Å². The lowest BCUT2D eigenvalue weighted by Crippen LogP contribution is -2.07. The fourth-order valence-electron chi connectivity index (χ4n) is 2.75. The van der Waals surface area contributed by atoms with E-state index in [1.54, 1.807) is 0 Å². The maximum Gasteiger partial charge on any atom is 0.311 e. The van der Waals surface area contributed by atoms with Gasteiger partial charge in [-0.15, -0.1) is 0 Å². The molecule has 0 aliphatic rings. The van der Waals surface area contributed by atoms with E-state index in [2.05, 4.69) is 6.92 Å². The molecule has 5 heteroatoms. The number of non-ortho nitro benzene ring substituents is 1. The summed E-state index contributed by atoms with van der Waals surface area (Å²) in [5, 5.41) is 10.6. The van der Waals surface area contributed by atoms with Gasteiger partial charge in [-0.25, -0.2) is 0 Å². The van der Waals surface area contributed by atoms with Crippen LogP contribution in [0.3, 0.4) is 0 Å². The predicted octanol–water partition coefficient (Wildman–Crippen LogP) is 6.20. The summed E-state index contributed by atoms with van der Waals surface area (Å²) in [6.45, 7) is 2.24. The quantitative estimate of drug-likeness (QED) is 0.132. The van der Waals surface area contributed by atoms with Crippen molar-refractivity contribution in [3.63, 3.8) is 0 Å². The molecule has 0 fully saturated rings. The van der Waals surface area contributed by atoms with Crippen LogP contribution in [0.15, 0.2) is 24.3 Å². The molecule has 0 bridgehead atoms. The monoisotopic (exact) mass is 349 g/mol. The first-order valence-corrected chi connectivity index (χ1v) is 9.58. The average molecular weight is 349 g/mol. The Kier molecular flexibility index (Phi) is 11.3. The van der Waals surface area contributed by atoms with Crippen LogP contribution in [0, 0.1) is 10.1 Å². The standard InChI is InChI=1S/C20H31NO4/c1-2-3-4-5-6-7-8-9-10-11-12-13-20(22)25-19-16-14-18(15-17-19)21(23)24/h14-17H,2-13H2,1H3. The Morgan fingerprint density at radius 2 is 1.36 bits per heavy atom. The Bertz CT molecular complexity index is 499. The third-order valence-electron chi connectivity index (χ3n) is 4.26. The molecular formula is C20H31NO4. The molecule has 0 atom stereocenters. The summed E-state index contributed by atoms with van der Waals surface area (Å²) in [5.41, 5.74) is -0.00911.